The summed E-state index contributed by atoms with van der Waals surface area (Å²) >= 11 is 0. The molecule has 32 heavy (non-hydrogen) atoms. The molecule has 0 saturated carbocycles. The van der Waals surface area contributed by atoms with E-state index in [1.807, 2.05) is 0 Å². The predicted molar refractivity (Wildman–Crippen MR) is 141 cm³/mol. The van der Waals surface area contributed by atoms with E-state index in [2.05, 4.69) is 94.4 Å². The van der Waals surface area contributed by atoms with Crippen molar-refractivity contribution in [2.75, 3.05) is 13.2 Å². The number of allylic oxidation sites excluding steroid dienone is 2. The molecule has 0 saturated heterocycles. The van der Waals surface area contributed by atoms with Gasteiger partial charge in [0.2, 0.25) is 0 Å². The molecule has 0 radical (unpaired) electrons. The van der Waals surface area contributed by atoms with Crippen LogP contribution in [0.5, 0.6) is 0 Å². The summed E-state index contributed by atoms with van der Waals surface area (Å²) in [7, 11) is -2.74. The van der Waals surface area contributed by atoms with E-state index >= 15 is 0 Å². The number of hydrogen-bond donors (Lipinski definition) is 0. The Morgan fingerprint density at radius 2 is 1.34 bits per heavy atom. The molecule has 0 aliphatic carbocycles. The second-order valence-corrected chi connectivity index (χ2v) is 12.2. The van der Waals surface area contributed by atoms with E-state index in [0.29, 0.717) is 5.92 Å². The SMILES string of the molecule is CCCCCCCO[Si](OCCC(C)CCC=C(C)C)(c1ccccc1)c1ccccc1. The second-order valence-electron chi connectivity index (χ2n) is 9.21. The van der Waals surface area contributed by atoms with Crippen molar-refractivity contribution in [3.8, 4) is 0 Å². The van der Waals surface area contributed by atoms with Gasteiger partial charge in [0.15, 0.2) is 0 Å². The third-order valence-corrected chi connectivity index (χ3v) is 9.40. The number of benzene rings is 2. The van der Waals surface area contributed by atoms with Gasteiger partial charge in [-0.2, -0.15) is 0 Å². The zero-order valence-corrected chi connectivity index (χ0v) is 21.8. The summed E-state index contributed by atoms with van der Waals surface area (Å²) in [6.45, 7) is 10.4. The van der Waals surface area contributed by atoms with Crippen molar-refractivity contribution in [3.63, 3.8) is 0 Å². The van der Waals surface area contributed by atoms with Gasteiger partial charge in [-0.3, -0.25) is 0 Å². The van der Waals surface area contributed by atoms with Crippen LogP contribution in [0.25, 0.3) is 0 Å². The minimum absolute atomic E-state index is 0.637. The van der Waals surface area contributed by atoms with Gasteiger partial charge in [-0.05, 0) is 55.8 Å². The normalized spacial score (nSPS) is 12.5. The highest BCUT2D eigenvalue weighted by molar-refractivity contribution is 6.92. The Kier molecular flexibility index (Phi) is 12.6. The molecule has 3 heteroatoms. The number of hydrogen-bond acceptors (Lipinski definition) is 2. The van der Waals surface area contributed by atoms with Gasteiger partial charge < -0.3 is 8.85 Å². The van der Waals surface area contributed by atoms with Crippen LogP contribution < -0.4 is 10.4 Å². The average molecular weight is 453 g/mol. The van der Waals surface area contributed by atoms with Crippen LogP contribution in [0.3, 0.4) is 0 Å². The third kappa shape index (κ3) is 9.05. The van der Waals surface area contributed by atoms with E-state index < -0.39 is 8.56 Å². The Morgan fingerprint density at radius 3 is 1.91 bits per heavy atom. The van der Waals surface area contributed by atoms with Crippen LogP contribution in [0.4, 0.5) is 0 Å². The lowest BCUT2D eigenvalue weighted by Crippen LogP contribution is -2.63. The van der Waals surface area contributed by atoms with Gasteiger partial charge in [-0.1, -0.05) is 112 Å². The smallest absolute Gasteiger partial charge is 0.388 e. The van der Waals surface area contributed by atoms with Crippen LogP contribution in [-0.4, -0.2) is 21.8 Å². The fourth-order valence-corrected chi connectivity index (χ4v) is 7.17. The molecule has 0 spiro atoms. The lowest BCUT2D eigenvalue weighted by molar-refractivity contribution is 0.177. The van der Waals surface area contributed by atoms with Gasteiger partial charge in [0.1, 0.15) is 0 Å². The highest BCUT2D eigenvalue weighted by Crippen LogP contribution is 2.16. The summed E-state index contributed by atoms with van der Waals surface area (Å²) in [5.41, 5.74) is 1.40. The molecule has 0 aliphatic rings. The zero-order chi connectivity index (χ0) is 23.1. The van der Waals surface area contributed by atoms with Gasteiger partial charge >= 0.3 is 8.56 Å². The van der Waals surface area contributed by atoms with Crippen molar-refractivity contribution >= 4 is 18.9 Å². The van der Waals surface area contributed by atoms with Crippen LogP contribution >= 0.6 is 0 Å². The Hall–Kier alpha value is -1.68. The summed E-state index contributed by atoms with van der Waals surface area (Å²) in [4.78, 5) is 0. The fourth-order valence-electron chi connectivity index (χ4n) is 3.98. The topological polar surface area (TPSA) is 18.5 Å². The highest BCUT2D eigenvalue weighted by Gasteiger charge is 2.42. The van der Waals surface area contributed by atoms with Gasteiger partial charge in [0.25, 0.3) is 0 Å². The predicted octanol–water partition coefficient (Wildman–Crippen LogP) is 7.02. The van der Waals surface area contributed by atoms with Crippen molar-refractivity contribution < 1.29 is 8.85 Å². The Labute approximate surface area is 198 Å². The first-order chi connectivity index (χ1) is 15.6. The van der Waals surface area contributed by atoms with Crippen molar-refractivity contribution in [2.45, 2.75) is 79.1 Å². The molecule has 2 rings (SSSR count). The van der Waals surface area contributed by atoms with Gasteiger partial charge in [-0.25, -0.2) is 0 Å². The monoisotopic (exact) mass is 452 g/mol. The van der Waals surface area contributed by atoms with Gasteiger partial charge in [0, 0.05) is 13.2 Å². The molecule has 1 atom stereocenters. The molecule has 0 amide bonds. The Bertz CT molecular complexity index is 714. The van der Waals surface area contributed by atoms with E-state index in [1.165, 1.54) is 48.1 Å². The van der Waals surface area contributed by atoms with Crippen LogP contribution in [0.1, 0.15) is 79.1 Å². The van der Waals surface area contributed by atoms with Gasteiger partial charge in [0.05, 0.1) is 0 Å². The molecular weight excluding hydrogens is 408 g/mol. The maximum absolute atomic E-state index is 6.83. The zero-order valence-electron chi connectivity index (χ0n) is 20.8. The maximum Gasteiger partial charge on any atom is 0.407 e. The lowest BCUT2D eigenvalue weighted by atomic mass is 10.0. The third-order valence-electron chi connectivity index (χ3n) is 5.99. The van der Waals surface area contributed by atoms with Crippen LogP contribution in [-0.2, 0) is 8.85 Å². The van der Waals surface area contributed by atoms with Crippen LogP contribution in [0, 0.1) is 5.92 Å². The first-order valence-corrected chi connectivity index (χ1v) is 14.4. The van der Waals surface area contributed by atoms with E-state index in [0.717, 1.165) is 32.5 Å². The summed E-state index contributed by atoms with van der Waals surface area (Å²) in [6.07, 6.45) is 11.9. The van der Waals surface area contributed by atoms with Crippen LogP contribution in [0.2, 0.25) is 0 Å². The molecule has 1 unspecified atom stereocenters. The lowest BCUT2D eigenvalue weighted by Gasteiger charge is -2.32. The molecular formula is C29H44O2Si. The Morgan fingerprint density at radius 1 is 0.781 bits per heavy atom. The summed E-state index contributed by atoms with van der Waals surface area (Å²) < 4.78 is 13.6. The summed E-state index contributed by atoms with van der Waals surface area (Å²) in [6, 6.07) is 21.3. The van der Waals surface area contributed by atoms with Gasteiger partial charge in [-0.15, -0.1) is 0 Å². The second kappa shape index (κ2) is 15.2. The molecule has 0 fully saturated rings. The van der Waals surface area contributed by atoms with E-state index in [9.17, 15) is 0 Å². The molecule has 2 aromatic rings. The largest absolute Gasteiger partial charge is 0.407 e. The number of unbranched alkanes of at least 4 members (excludes halogenated alkanes) is 4. The van der Waals surface area contributed by atoms with Crippen molar-refractivity contribution in [1.82, 2.24) is 0 Å². The van der Waals surface area contributed by atoms with Crippen molar-refractivity contribution in [3.05, 3.63) is 72.3 Å². The molecule has 2 aromatic carbocycles. The Balaban J connectivity index is 2.13. The first-order valence-electron chi connectivity index (χ1n) is 12.6. The van der Waals surface area contributed by atoms with Crippen molar-refractivity contribution in [1.29, 1.82) is 0 Å². The quantitative estimate of drug-likeness (QED) is 0.155. The average Bonchev–Trinajstić information content (AvgIpc) is 2.81. The molecule has 176 valence electrons. The van der Waals surface area contributed by atoms with E-state index in [4.69, 9.17) is 8.85 Å². The standard InChI is InChI=1S/C29H44O2Si/c1-5-6-7-8-15-24-30-32(28-19-11-9-12-20-28,29-21-13-10-14-22-29)31-25-23-27(4)18-16-17-26(2)3/h9-14,17,19-22,27H,5-8,15-16,18,23-25H2,1-4H3. The molecule has 0 aromatic heterocycles. The van der Waals surface area contributed by atoms with E-state index in [1.54, 1.807) is 0 Å². The summed E-state index contributed by atoms with van der Waals surface area (Å²) in [5, 5.41) is 2.41. The summed E-state index contributed by atoms with van der Waals surface area (Å²) in [5.74, 6) is 0.637. The van der Waals surface area contributed by atoms with E-state index in [-0.39, 0.29) is 0 Å². The first kappa shape index (κ1) is 26.6. The fraction of sp³-hybridized carbons (Fsp3) is 0.517. The van der Waals surface area contributed by atoms with Crippen LogP contribution in [0.15, 0.2) is 72.3 Å². The highest BCUT2D eigenvalue weighted by atomic mass is 28.4. The maximum atomic E-state index is 6.83. The van der Waals surface area contributed by atoms with Crippen molar-refractivity contribution in [2.24, 2.45) is 5.92 Å². The molecule has 0 heterocycles. The molecule has 0 bridgehead atoms. The minimum Gasteiger partial charge on any atom is -0.388 e. The molecule has 0 aliphatic heterocycles. The minimum atomic E-state index is -2.74. The molecule has 2 nitrogen and oxygen atoms in total. The number of rotatable bonds is 16. The molecule has 0 N–H and O–H groups in total.